The number of rotatable bonds is 7. The molecule has 2 amide bonds. The number of hydrogen-bond acceptors (Lipinski definition) is 6. The summed E-state index contributed by atoms with van der Waals surface area (Å²) in [6, 6.07) is 17.3. The molecular formula is C32H31N5O4S. The number of likely N-dealkylation sites (tertiary alicyclic amines) is 1. The van der Waals surface area contributed by atoms with E-state index in [-0.39, 0.29) is 24.5 Å². The lowest BCUT2D eigenvalue weighted by molar-refractivity contribution is -0.127. The highest BCUT2D eigenvalue weighted by Gasteiger charge is 2.27. The lowest BCUT2D eigenvalue weighted by Crippen LogP contribution is -2.49. The molecule has 3 aromatic heterocycles. The van der Waals surface area contributed by atoms with Crippen molar-refractivity contribution in [2.75, 3.05) is 19.7 Å². The fourth-order valence-corrected chi connectivity index (χ4v) is 6.49. The number of thiophene rings is 1. The first kappa shape index (κ1) is 27.5. The summed E-state index contributed by atoms with van der Waals surface area (Å²) in [7, 11) is 0. The first-order chi connectivity index (χ1) is 20.4. The Kier molecular flexibility index (Phi) is 7.64. The first-order valence-corrected chi connectivity index (χ1v) is 14.6. The van der Waals surface area contributed by atoms with Crippen LogP contribution in [0.4, 0.5) is 0 Å². The van der Waals surface area contributed by atoms with Crippen LogP contribution in [0.1, 0.15) is 28.1 Å². The normalized spacial score (nSPS) is 15.5. The largest absolute Gasteiger partial charge is 0.457 e. The summed E-state index contributed by atoms with van der Waals surface area (Å²) in [4.78, 5) is 36.9. The molecule has 1 atom stereocenters. The molecule has 1 saturated heterocycles. The number of aromatic amines is 1. The molecule has 0 spiro atoms. The molecule has 2 aromatic carbocycles. The van der Waals surface area contributed by atoms with Gasteiger partial charge in [0.15, 0.2) is 0 Å². The highest BCUT2D eigenvalue weighted by molar-refractivity contribution is 7.21. The Balaban J connectivity index is 1.31. The fraction of sp³-hybridized carbons (Fsp3) is 0.219. The number of piperidine rings is 1. The predicted octanol–water partition coefficient (Wildman–Crippen LogP) is 4.63. The Labute approximate surface area is 246 Å². The van der Waals surface area contributed by atoms with E-state index in [2.05, 4.69) is 21.9 Å². The molecule has 0 radical (unpaired) electrons. The highest BCUT2D eigenvalue weighted by atomic mass is 32.1. The van der Waals surface area contributed by atoms with Gasteiger partial charge < -0.3 is 25.0 Å². The average molecular weight is 582 g/mol. The number of nitrogens with zero attached hydrogens (tertiary/aromatic N) is 3. The summed E-state index contributed by atoms with van der Waals surface area (Å²) in [5.74, 6) is 1.13. The molecule has 9 nitrogen and oxygen atoms in total. The SMILES string of the molecule is C=c1[nH]c2c(C(=O)N[C@@H]3CCCN(C(=O)/C=C/CO)C3)sc3nccc(c32)n1-c1ccc(Oc2ccccc2)cc1C. The number of ether oxygens (including phenoxy) is 1. The number of pyridine rings is 1. The minimum absolute atomic E-state index is 0.165. The van der Waals surface area contributed by atoms with Gasteiger partial charge in [-0.15, -0.1) is 11.3 Å². The van der Waals surface area contributed by atoms with Gasteiger partial charge in [0.25, 0.3) is 5.91 Å². The van der Waals surface area contributed by atoms with Gasteiger partial charge in [0.05, 0.1) is 28.7 Å². The van der Waals surface area contributed by atoms with Gasteiger partial charge in [-0.05, 0) is 61.7 Å². The standard InChI is InChI=1S/C32H31N5O4S/c1-20-18-24(41-23-9-4-3-5-10-23)12-13-25(20)37-21(2)34-29-28-26(37)14-15-33-32(28)42-30(29)31(40)35-22-8-6-16-36(19-22)27(39)11-7-17-38/h3-5,7,9-15,18,22,34,38H,2,6,8,16-17,19H2,1H3,(H,35,40)/b11-7+/t22-/m1/s1. The van der Waals surface area contributed by atoms with Crippen molar-refractivity contribution in [1.82, 2.24) is 24.8 Å². The number of aromatic nitrogens is 3. The number of nitrogens with one attached hydrogen (secondary N) is 2. The van der Waals surface area contributed by atoms with E-state index < -0.39 is 0 Å². The number of H-pyrrole nitrogens is 1. The van der Waals surface area contributed by atoms with Crippen molar-refractivity contribution in [1.29, 1.82) is 0 Å². The summed E-state index contributed by atoms with van der Waals surface area (Å²) in [6.45, 7) is 7.19. The average Bonchev–Trinajstić information content (AvgIpc) is 3.37. The summed E-state index contributed by atoms with van der Waals surface area (Å²) in [6.07, 6.45) is 6.11. The van der Waals surface area contributed by atoms with Gasteiger partial charge in [-0.2, -0.15) is 0 Å². The molecular weight excluding hydrogens is 550 g/mol. The number of carbonyl (C=O) groups is 2. The van der Waals surface area contributed by atoms with Crippen LogP contribution in [-0.4, -0.2) is 62.1 Å². The molecule has 1 fully saturated rings. The molecule has 3 N–H and O–H groups in total. The second-order valence-electron chi connectivity index (χ2n) is 10.3. The first-order valence-electron chi connectivity index (χ1n) is 13.8. The number of amides is 2. The maximum absolute atomic E-state index is 13.6. The Bertz CT molecular complexity index is 1870. The minimum Gasteiger partial charge on any atom is -0.457 e. The molecule has 0 aliphatic carbocycles. The molecule has 4 heterocycles. The van der Waals surface area contributed by atoms with E-state index >= 15 is 0 Å². The molecule has 0 unspecified atom stereocenters. The summed E-state index contributed by atoms with van der Waals surface area (Å²) in [5.41, 5.74) is 4.13. The highest BCUT2D eigenvalue weighted by Crippen LogP contribution is 2.34. The molecule has 42 heavy (non-hydrogen) atoms. The second kappa shape index (κ2) is 11.7. The number of aliphatic hydroxyl groups is 1. The summed E-state index contributed by atoms with van der Waals surface area (Å²) < 4.78 is 8.07. The van der Waals surface area contributed by atoms with Gasteiger partial charge in [0.1, 0.15) is 26.7 Å². The van der Waals surface area contributed by atoms with Gasteiger partial charge in [-0.25, -0.2) is 4.98 Å². The third kappa shape index (κ3) is 5.34. The number of aryl methyl sites for hydroxylation is 1. The number of hydrogen-bond donors (Lipinski definition) is 3. The van der Waals surface area contributed by atoms with Crippen LogP contribution in [-0.2, 0) is 4.79 Å². The third-order valence-corrected chi connectivity index (χ3v) is 8.48. The maximum Gasteiger partial charge on any atom is 0.263 e. The molecule has 214 valence electrons. The molecule has 6 rings (SSSR count). The van der Waals surface area contributed by atoms with E-state index in [0.29, 0.717) is 29.0 Å². The smallest absolute Gasteiger partial charge is 0.263 e. The maximum atomic E-state index is 13.6. The predicted molar refractivity (Wildman–Crippen MR) is 165 cm³/mol. The van der Waals surface area contributed by atoms with Gasteiger partial charge >= 0.3 is 0 Å². The minimum atomic E-state index is -0.212. The number of para-hydroxylation sites is 1. The van der Waals surface area contributed by atoms with Gasteiger partial charge in [0, 0.05) is 31.4 Å². The molecule has 0 bridgehead atoms. The van der Waals surface area contributed by atoms with E-state index in [1.807, 2.05) is 66.1 Å². The lowest BCUT2D eigenvalue weighted by Gasteiger charge is -2.32. The van der Waals surface area contributed by atoms with Crippen LogP contribution < -0.4 is 15.5 Å². The van der Waals surface area contributed by atoms with Crippen LogP contribution in [0.3, 0.4) is 0 Å². The third-order valence-electron chi connectivity index (χ3n) is 7.38. The zero-order valence-electron chi connectivity index (χ0n) is 23.2. The van der Waals surface area contributed by atoms with Crippen molar-refractivity contribution in [2.45, 2.75) is 25.8 Å². The Morgan fingerprint density at radius 3 is 2.83 bits per heavy atom. The van der Waals surface area contributed by atoms with Crippen LogP contribution in [0.25, 0.3) is 33.5 Å². The zero-order chi connectivity index (χ0) is 29.2. The van der Waals surface area contributed by atoms with E-state index in [1.165, 1.54) is 23.5 Å². The van der Waals surface area contributed by atoms with Gasteiger partial charge in [0.2, 0.25) is 5.91 Å². The number of carbonyl (C=O) groups excluding carboxylic acids is 2. The second-order valence-corrected chi connectivity index (χ2v) is 11.3. The van der Waals surface area contributed by atoms with Gasteiger partial charge in [-0.1, -0.05) is 30.9 Å². The molecule has 5 aromatic rings. The number of benzene rings is 2. The van der Waals surface area contributed by atoms with Crippen molar-refractivity contribution in [3.63, 3.8) is 0 Å². The summed E-state index contributed by atoms with van der Waals surface area (Å²) >= 11 is 1.33. The van der Waals surface area contributed by atoms with Crippen LogP contribution in [0.5, 0.6) is 11.5 Å². The van der Waals surface area contributed by atoms with Crippen molar-refractivity contribution >= 4 is 51.0 Å². The van der Waals surface area contributed by atoms with Gasteiger partial charge in [-0.3, -0.25) is 14.2 Å². The van der Waals surface area contributed by atoms with Crippen LogP contribution in [0, 0.1) is 6.92 Å². The van der Waals surface area contributed by atoms with E-state index in [9.17, 15) is 9.59 Å². The van der Waals surface area contributed by atoms with Crippen molar-refractivity contribution in [3.05, 3.63) is 88.9 Å². The molecule has 1 aliphatic heterocycles. The monoisotopic (exact) mass is 581 g/mol. The van der Waals surface area contributed by atoms with Crippen molar-refractivity contribution < 1.29 is 19.4 Å². The molecule has 0 saturated carbocycles. The van der Waals surface area contributed by atoms with Crippen molar-refractivity contribution in [3.8, 4) is 17.2 Å². The van der Waals surface area contributed by atoms with Crippen LogP contribution >= 0.6 is 11.3 Å². The van der Waals surface area contributed by atoms with Crippen LogP contribution in [0.2, 0.25) is 0 Å². The fourth-order valence-electron chi connectivity index (χ4n) is 5.46. The van der Waals surface area contributed by atoms with Crippen LogP contribution in [0.15, 0.2) is 72.9 Å². The molecule has 10 heteroatoms. The van der Waals surface area contributed by atoms with Crippen molar-refractivity contribution in [2.24, 2.45) is 0 Å². The Morgan fingerprint density at radius 2 is 2.05 bits per heavy atom. The van der Waals surface area contributed by atoms with E-state index in [4.69, 9.17) is 9.84 Å². The molecule has 1 aliphatic rings. The lowest BCUT2D eigenvalue weighted by atomic mass is 10.1. The summed E-state index contributed by atoms with van der Waals surface area (Å²) in [5, 5.41) is 13.0. The topological polar surface area (TPSA) is 112 Å². The zero-order valence-corrected chi connectivity index (χ0v) is 24.0. The number of aliphatic hydroxyl groups excluding tert-OH is 1. The quantitative estimate of drug-likeness (QED) is 0.243. The van der Waals surface area contributed by atoms with E-state index in [1.54, 1.807) is 11.1 Å². The Hall–Kier alpha value is -4.67. The van der Waals surface area contributed by atoms with E-state index in [0.717, 1.165) is 51.3 Å². The Morgan fingerprint density at radius 1 is 1.21 bits per heavy atom.